The van der Waals surface area contributed by atoms with Gasteiger partial charge >= 0.3 is 0 Å². The van der Waals surface area contributed by atoms with E-state index in [1.165, 1.54) is 92.8 Å². The van der Waals surface area contributed by atoms with Crippen LogP contribution in [-0.4, -0.2) is 4.57 Å². The van der Waals surface area contributed by atoms with Gasteiger partial charge in [0.25, 0.3) is 0 Å². The van der Waals surface area contributed by atoms with E-state index in [1.807, 2.05) is 6.07 Å². The van der Waals surface area contributed by atoms with Gasteiger partial charge in [-0.05, 0) is 91.6 Å². The SMILES string of the molecule is CC1(C)c2cc3oc4ccccc4c3cc2-c2cc3c4ccccc4n(-c4cc5c6ccccc6ccc5c5ccccc45)c3cc21. The molecule has 10 aromatic rings. The molecule has 2 aromatic heterocycles. The summed E-state index contributed by atoms with van der Waals surface area (Å²) in [6.07, 6.45) is 0. The van der Waals surface area contributed by atoms with Crippen molar-refractivity contribution in [1.82, 2.24) is 4.57 Å². The van der Waals surface area contributed by atoms with Crippen molar-refractivity contribution in [3.05, 3.63) is 151 Å². The summed E-state index contributed by atoms with van der Waals surface area (Å²) in [5.41, 5.74) is 10.7. The van der Waals surface area contributed by atoms with Crippen LogP contribution in [-0.2, 0) is 5.41 Å². The van der Waals surface area contributed by atoms with E-state index in [0.717, 1.165) is 11.2 Å². The molecule has 0 radical (unpaired) electrons. The summed E-state index contributed by atoms with van der Waals surface area (Å²) in [6, 6.07) is 51.5. The number of rotatable bonds is 1. The molecular formula is C45H29NO. The average Bonchev–Trinajstić information content (AvgIpc) is 3.71. The van der Waals surface area contributed by atoms with Crippen molar-refractivity contribution in [2.75, 3.05) is 0 Å². The van der Waals surface area contributed by atoms with Gasteiger partial charge in [-0.1, -0.05) is 111 Å². The monoisotopic (exact) mass is 599 g/mol. The number of benzene rings is 8. The molecule has 0 bridgehead atoms. The van der Waals surface area contributed by atoms with Crippen molar-refractivity contribution in [2.45, 2.75) is 19.3 Å². The predicted molar refractivity (Wildman–Crippen MR) is 198 cm³/mol. The van der Waals surface area contributed by atoms with Crippen molar-refractivity contribution in [3.8, 4) is 16.8 Å². The Morgan fingerprint density at radius 2 is 1.06 bits per heavy atom. The van der Waals surface area contributed by atoms with E-state index >= 15 is 0 Å². The quantitative estimate of drug-likeness (QED) is 0.172. The number of aromatic nitrogens is 1. The first-order valence-corrected chi connectivity index (χ1v) is 16.4. The maximum absolute atomic E-state index is 6.37. The highest BCUT2D eigenvalue weighted by molar-refractivity contribution is 6.21. The summed E-state index contributed by atoms with van der Waals surface area (Å²) in [4.78, 5) is 0. The van der Waals surface area contributed by atoms with Crippen molar-refractivity contribution in [2.24, 2.45) is 0 Å². The van der Waals surface area contributed by atoms with Crippen LogP contribution in [0.1, 0.15) is 25.0 Å². The fourth-order valence-electron chi connectivity index (χ4n) is 8.70. The first kappa shape index (κ1) is 25.3. The maximum Gasteiger partial charge on any atom is 0.135 e. The second kappa shape index (κ2) is 8.69. The molecular weight excluding hydrogens is 571 g/mol. The highest BCUT2D eigenvalue weighted by Gasteiger charge is 2.37. The third-order valence-electron chi connectivity index (χ3n) is 11.0. The molecule has 0 saturated carbocycles. The standard InChI is InChI=1S/C45H29NO/c1-45(2)38-24-42-36(21-34(38)35-22-37-32-16-8-10-18-43(32)47-44(37)25-39(35)45)31-15-7-9-17-40(31)46(42)41-23-33-27-12-4-3-11-26(27)19-20-29(33)28-13-5-6-14-30(28)41/h3-25H,1-2H3. The van der Waals surface area contributed by atoms with Gasteiger partial charge in [-0.25, -0.2) is 0 Å². The summed E-state index contributed by atoms with van der Waals surface area (Å²) in [5, 5.41) is 12.6. The normalized spacial score (nSPS) is 13.9. The number of fused-ring (bicyclic) bond motifs is 14. The zero-order chi connectivity index (χ0) is 31.0. The van der Waals surface area contributed by atoms with Crippen LogP contribution in [0.2, 0.25) is 0 Å². The Balaban J connectivity index is 1.27. The summed E-state index contributed by atoms with van der Waals surface area (Å²) in [6.45, 7) is 4.73. The smallest absolute Gasteiger partial charge is 0.135 e. The van der Waals surface area contributed by atoms with E-state index in [1.54, 1.807) is 0 Å². The van der Waals surface area contributed by atoms with Gasteiger partial charge in [0.05, 0.1) is 16.7 Å². The lowest BCUT2D eigenvalue weighted by atomic mass is 9.82. The topological polar surface area (TPSA) is 18.1 Å². The van der Waals surface area contributed by atoms with Gasteiger partial charge in [-0.3, -0.25) is 0 Å². The lowest BCUT2D eigenvalue weighted by Gasteiger charge is -2.22. The van der Waals surface area contributed by atoms with Crippen LogP contribution in [0.5, 0.6) is 0 Å². The van der Waals surface area contributed by atoms with Crippen LogP contribution in [0.3, 0.4) is 0 Å². The largest absolute Gasteiger partial charge is 0.456 e. The molecule has 0 saturated heterocycles. The second-order valence-electron chi connectivity index (χ2n) is 13.7. The van der Waals surface area contributed by atoms with Crippen molar-refractivity contribution in [1.29, 1.82) is 0 Å². The Kier molecular flexibility index (Phi) is 4.68. The van der Waals surface area contributed by atoms with E-state index < -0.39 is 0 Å². The molecule has 11 rings (SSSR count). The minimum atomic E-state index is -0.186. The number of furan rings is 1. The maximum atomic E-state index is 6.37. The second-order valence-corrected chi connectivity index (χ2v) is 13.7. The highest BCUT2D eigenvalue weighted by atomic mass is 16.3. The Bertz CT molecular complexity index is 2990. The van der Waals surface area contributed by atoms with E-state index in [9.17, 15) is 0 Å². The van der Waals surface area contributed by atoms with Gasteiger partial charge in [0.2, 0.25) is 0 Å². The Labute approximate surface area is 271 Å². The molecule has 0 spiro atoms. The van der Waals surface area contributed by atoms with E-state index in [-0.39, 0.29) is 5.41 Å². The molecule has 220 valence electrons. The number of hydrogen-bond donors (Lipinski definition) is 0. The lowest BCUT2D eigenvalue weighted by molar-refractivity contribution is 0.647. The van der Waals surface area contributed by atoms with Crippen LogP contribution in [0.4, 0.5) is 0 Å². The minimum absolute atomic E-state index is 0.186. The first-order valence-electron chi connectivity index (χ1n) is 16.4. The zero-order valence-corrected chi connectivity index (χ0v) is 26.1. The van der Waals surface area contributed by atoms with Gasteiger partial charge < -0.3 is 8.98 Å². The molecule has 0 amide bonds. The summed E-state index contributed by atoms with van der Waals surface area (Å²) in [7, 11) is 0. The molecule has 0 fully saturated rings. The molecule has 2 heterocycles. The Hall–Kier alpha value is -5.86. The average molecular weight is 600 g/mol. The molecule has 2 nitrogen and oxygen atoms in total. The summed E-state index contributed by atoms with van der Waals surface area (Å²) >= 11 is 0. The molecule has 2 heteroatoms. The summed E-state index contributed by atoms with van der Waals surface area (Å²) < 4.78 is 8.89. The van der Waals surface area contributed by atoms with Crippen LogP contribution in [0, 0.1) is 0 Å². The highest BCUT2D eigenvalue weighted by Crippen LogP contribution is 2.53. The van der Waals surface area contributed by atoms with Gasteiger partial charge in [-0.2, -0.15) is 0 Å². The van der Waals surface area contributed by atoms with Gasteiger partial charge in [0, 0.05) is 32.3 Å². The van der Waals surface area contributed by atoms with Crippen LogP contribution in [0.25, 0.3) is 92.9 Å². The van der Waals surface area contributed by atoms with Crippen molar-refractivity contribution in [3.63, 3.8) is 0 Å². The van der Waals surface area contributed by atoms with Crippen LogP contribution >= 0.6 is 0 Å². The number of nitrogens with zero attached hydrogens (tertiary/aromatic N) is 1. The number of para-hydroxylation sites is 2. The van der Waals surface area contributed by atoms with Crippen LogP contribution < -0.4 is 0 Å². The molecule has 0 unspecified atom stereocenters. The predicted octanol–water partition coefficient (Wildman–Crippen LogP) is 12.4. The third-order valence-corrected chi connectivity index (χ3v) is 11.0. The van der Waals surface area contributed by atoms with E-state index in [0.29, 0.717) is 0 Å². The zero-order valence-electron chi connectivity index (χ0n) is 26.1. The molecule has 0 aliphatic heterocycles. The van der Waals surface area contributed by atoms with Crippen LogP contribution in [0.15, 0.2) is 144 Å². The summed E-state index contributed by atoms with van der Waals surface area (Å²) in [5.74, 6) is 0. The molecule has 1 aliphatic rings. The Morgan fingerprint density at radius 1 is 0.426 bits per heavy atom. The molecule has 8 aromatic carbocycles. The molecule has 0 N–H and O–H groups in total. The minimum Gasteiger partial charge on any atom is -0.456 e. The van der Waals surface area contributed by atoms with Gasteiger partial charge in [0.15, 0.2) is 0 Å². The van der Waals surface area contributed by atoms with Crippen molar-refractivity contribution < 1.29 is 4.42 Å². The third kappa shape index (κ3) is 3.20. The Morgan fingerprint density at radius 3 is 1.91 bits per heavy atom. The molecule has 1 aliphatic carbocycles. The fourth-order valence-corrected chi connectivity index (χ4v) is 8.70. The number of hydrogen-bond acceptors (Lipinski definition) is 1. The first-order chi connectivity index (χ1) is 23.1. The fraction of sp³-hybridized carbons (Fsp3) is 0.0667. The van der Waals surface area contributed by atoms with Crippen molar-refractivity contribution >= 4 is 76.1 Å². The van der Waals surface area contributed by atoms with E-state index in [2.05, 4.69) is 152 Å². The molecule has 0 atom stereocenters. The van der Waals surface area contributed by atoms with Gasteiger partial charge in [-0.15, -0.1) is 0 Å². The molecule has 47 heavy (non-hydrogen) atoms. The lowest BCUT2D eigenvalue weighted by Crippen LogP contribution is -2.15. The van der Waals surface area contributed by atoms with E-state index in [4.69, 9.17) is 4.42 Å². The van der Waals surface area contributed by atoms with Gasteiger partial charge in [0.1, 0.15) is 11.2 Å².